The molecule has 0 spiro atoms. The van der Waals surface area contributed by atoms with Gasteiger partial charge >= 0.3 is 6.18 Å². The number of halogens is 3. The summed E-state index contributed by atoms with van der Waals surface area (Å²) < 4.78 is 38.8. The number of aromatic nitrogens is 3. The van der Waals surface area contributed by atoms with E-state index in [-0.39, 0.29) is 24.0 Å². The van der Waals surface area contributed by atoms with Gasteiger partial charge in [-0.15, -0.1) is 0 Å². The molecule has 2 aromatic heterocycles. The van der Waals surface area contributed by atoms with Crippen LogP contribution in [0, 0.1) is 5.92 Å². The molecule has 8 nitrogen and oxygen atoms in total. The molecule has 11 heteroatoms. The summed E-state index contributed by atoms with van der Waals surface area (Å²) in [5, 5.41) is 13.0. The summed E-state index contributed by atoms with van der Waals surface area (Å²) in [5.74, 6) is 0.905. The molecular formula is C33H39F3N6O2. The van der Waals surface area contributed by atoms with Gasteiger partial charge in [-0.2, -0.15) is 13.2 Å². The van der Waals surface area contributed by atoms with Gasteiger partial charge in [0.15, 0.2) is 5.82 Å². The summed E-state index contributed by atoms with van der Waals surface area (Å²) in [4.78, 5) is 30.0. The number of fused-ring (bicyclic) bond motifs is 1. The number of carbonyl (C=O) groups is 1. The molecule has 1 amide bonds. The minimum absolute atomic E-state index is 0.0315. The number of hydrogen-bond donors (Lipinski definition) is 2. The number of alkyl halides is 3. The molecule has 1 aromatic carbocycles. The van der Waals surface area contributed by atoms with Gasteiger partial charge in [-0.1, -0.05) is 6.07 Å². The van der Waals surface area contributed by atoms with Gasteiger partial charge in [-0.3, -0.25) is 14.7 Å². The summed E-state index contributed by atoms with van der Waals surface area (Å²) in [7, 11) is 0. The van der Waals surface area contributed by atoms with Crippen LogP contribution in [0.5, 0.6) is 0 Å². The Labute approximate surface area is 255 Å². The van der Waals surface area contributed by atoms with Crippen LogP contribution in [0.1, 0.15) is 56.9 Å². The molecule has 2 saturated heterocycles. The molecule has 3 aromatic rings. The van der Waals surface area contributed by atoms with Crippen molar-refractivity contribution in [3.8, 4) is 11.4 Å². The van der Waals surface area contributed by atoms with Crippen LogP contribution in [0.2, 0.25) is 0 Å². The van der Waals surface area contributed by atoms with Crippen LogP contribution < -0.4 is 5.32 Å². The Morgan fingerprint density at radius 2 is 1.64 bits per heavy atom. The van der Waals surface area contributed by atoms with Crippen LogP contribution >= 0.6 is 0 Å². The number of pyridine rings is 1. The first-order valence-corrected chi connectivity index (χ1v) is 15.6. The first-order valence-electron chi connectivity index (χ1n) is 15.6. The SMILES string of the molecule is O=C(C1CC(Nc2cccc(C(F)(F)F)c2)C1)N1CCC2C1CCN2C1CCC(O)CC1.c1cnc(-c2cccnc2)nc1. The number of aliphatic hydroxyl groups excluding tert-OH is 1. The fourth-order valence-corrected chi connectivity index (χ4v) is 7.27. The average Bonchev–Trinajstić information content (AvgIpc) is 3.63. The standard InChI is InChI=1S/C24H32F3N3O2.C9H7N3/c25-24(26,27)16-2-1-3-17(14-16)28-18-12-15(13-18)23(32)30-11-9-21-22(30)8-10-29(21)19-4-6-20(31)7-5-19;1-3-8(7-10-4-1)9-11-5-2-6-12-9/h1-3,14-15,18-22,28,31H,4-13H2;1-7H. The lowest BCUT2D eigenvalue weighted by Crippen LogP contribution is -2.49. The molecule has 2 aliphatic carbocycles. The van der Waals surface area contributed by atoms with E-state index in [1.165, 1.54) is 6.07 Å². The van der Waals surface area contributed by atoms with E-state index < -0.39 is 11.7 Å². The molecule has 4 aliphatic rings. The van der Waals surface area contributed by atoms with Gasteiger partial charge in [0.2, 0.25) is 5.91 Å². The summed E-state index contributed by atoms with van der Waals surface area (Å²) in [6, 6.07) is 12.2. The molecule has 4 heterocycles. The molecule has 0 bridgehead atoms. The maximum atomic E-state index is 13.2. The molecule has 2 aliphatic heterocycles. The molecule has 2 saturated carbocycles. The first-order chi connectivity index (χ1) is 21.3. The maximum absolute atomic E-state index is 13.2. The van der Waals surface area contributed by atoms with Crippen molar-refractivity contribution < 1.29 is 23.1 Å². The van der Waals surface area contributed by atoms with Gasteiger partial charge in [0, 0.05) is 79.2 Å². The third-order valence-electron chi connectivity index (χ3n) is 9.57. The smallest absolute Gasteiger partial charge is 0.393 e. The van der Waals surface area contributed by atoms with E-state index in [9.17, 15) is 23.1 Å². The number of nitrogens with one attached hydrogen (secondary N) is 1. The predicted octanol–water partition coefficient (Wildman–Crippen LogP) is 5.41. The van der Waals surface area contributed by atoms with Crippen LogP contribution in [-0.4, -0.2) is 79.1 Å². The minimum atomic E-state index is -4.35. The molecular weight excluding hydrogens is 569 g/mol. The number of anilines is 1. The van der Waals surface area contributed by atoms with E-state index in [1.807, 2.05) is 12.1 Å². The molecule has 7 rings (SSSR count). The van der Waals surface area contributed by atoms with E-state index in [2.05, 4.69) is 30.1 Å². The quantitative estimate of drug-likeness (QED) is 0.400. The lowest BCUT2D eigenvalue weighted by Gasteiger charge is -2.39. The number of nitrogens with zero attached hydrogens (tertiary/aromatic N) is 5. The lowest BCUT2D eigenvalue weighted by molar-refractivity contribution is -0.139. The van der Waals surface area contributed by atoms with Crippen LogP contribution in [0.3, 0.4) is 0 Å². The highest BCUT2D eigenvalue weighted by Crippen LogP contribution is 2.40. The van der Waals surface area contributed by atoms with E-state index in [4.69, 9.17) is 0 Å². The Morgan fingerprint density at radius 3 is 2.34 bits per heavy atom. The number of rotatable bonds is 5. The molecule has 2 N–H and O–H groups in total. The average molecular weight is 609 g/mol. The van der Waals surface area contributed by atoms with Crippen molar-refractivity contribution in [3.63, 3.8) is 0 Å². The van der Waals surface area contributed by atoms with E-state index in [0.717, 1.165) is 69.3 Å². The Bertz CT molecular complexity index is 1340. The first kappa shape index (κ1) is 30.5. The molecule has 0 radical (unpaired) electrons. The summed E-state index contributed by atoms with van der Waals surface area (Å²) in [6.07, 6.45) is 9.65. The molecule has 44 heavy (non-hydrogen) atoms. The molecule has 2 atom stereocenters. The van der Waals surface area contributed by atoms with Crippen molar-refractivity contribution >= 4 is 11.6 Å². The Hall–Kier alpha value is -3.57. The molecule has 4 fully saturated rings. The van der Waals surface area contributed by atoms with Crippen LogP contribution in [0.25, 0.3) is 11.4 Å². The van der Waals surface area contributed by atoms with Crippen LogP contribution in [0.15, 0.2) is 67.3 Å². The normalized spacial score (nSPS) is 28.4. The number of carbonyl (C=O) groups excluding carboxylic acids is 1. The molecule has 2 unspecified atom stereocenters. The zero-order chi connectivity index (χ0) is 30.7. The highest BCUT2D eigenvalue weighted by Gasteiger charge is 2.49. The maximum Gasteiger partial charge on any atom is 0.416 e. The second kappa shape index (κ2) is 13.2. The van der Waals surface area contributed by atoms with Crippen molar-refractivity contribution in [2.45, 2.75) is 87.8 Å². The summed E-state index contributed by atoms with van der Waals surface area (Å²) in [5.41, 5.74) is 0.745. The van der Waals surface area contributed by atoms with Crippen LogP contribution in [-0.2, 0) is 11.0 Å². The third kappa shape index (κ3) is 6.89. The van der Waals surface area contributed by atoms with Gasteiger partial charge < -0.3 is 15.3 Å². The van der Waals surface area contributed by atoms with E-state index >= 15 is 0 Å². The van der Waals surface area contributed by atoms with Crippen molar-refractivity contribution in [1.29, 1.82) is 0 Å². The Morgan fingerprint density at radius 1 is 0.886 bits per heavy atom. The van der Waals surface area contributed by atoms with Gasteiger partial charge in [-0.25, -0.2) is 9.97 Å². The zero-order valence-corrected chi connectivity index (χ0v) is 24.6. The molecule has 234 valence electrons. The summed E-state index contributed by atoms with van der Waals surface area (Å²) >= 11 is 0. The highest BCUT2D eigenvalue weighted by atomic mass is 19.4. The van der Waals surface area contributed by atoms with E-state index in [1.54, 1.807) is 36.9 Å². The van der Waals surface area contributed by atoms with Crippen molar-refractivity contribution in [2.24, 2.45) is 5.92 Å². The van der Waals surface area contributed by atoms with Gasteiger partial charge in [-0.05, 0) is 87.8 Å². The Kier molecular flexibility index (Phi) is 9.13. The highest BCUT2D eigenvalue weighted by molar-refractivity contribution is 5.81. The lowest BCUT2D eigenvalue weighted by atomic mass is 9.79. The monoisotopic (exact) mass is 608 g/mol. The fraction of sp³-hybridized carbons (Fsp3) is 0.515. The summed E-state index contributed by atoms with van der Waals surface area (Å²) in [6.45, 7) is 1.84. The number of hydrogen-bond acceptors (Lipinski definition) is 7. The van der Waals surface area contributed by atoms with Crippen molar-refractivity contribution in [1.82, 2.24) is 24.8 Å². The zero-order valence-electron chi connectivity index (χ0n) is 24.6. The Balaban J connectivity index is 0.000000238. The second-order valence-corrected chi connectivity index (χ2v) is 12.3. The number of benzene rings is 1. The van der Waals surface area contributed by atoms with Crippen molar-refractivity contribution in [2.75, 3.05) is 18.4 Å². The third-order valence-corrected chi connectivity index (χ3v) is 9.57. The van der Waals surface area contributed by atoms with Gasteiger partial charge in [0.1, 0.15) is 0 Å². The fourth-order valence-electron chi connectivity index (χ4n) is 7.27. The minimum Gasteiger partial charge on any atom is -0.393 e. The van der Waals surface area contributed by atoms with Crippen LogP contribution in [0.4, 0.5) is 18.9 Å². The number of likely N-dealkylation sites (tertiary alicyclic amines) is 2. The van der Waals surface area contributed by atoms with Gasteiger partial charge in [0.25, 0.3) is 0 Å². The topological polar surface area (TPSA) is 94.5 Å². The van der Waals surface area contributed by atoms with Gasteiger partial charge in [0.05, 0.1) is 11.7 Å². The van der Waals surface area contributed by atoms with Crippen molar-refractivity contribution in [3.05, 3.63) is 72.8 Å². The number of aliphatic hydroxyl groups is 1. The number of amides is 1. The second-order valence-electron chi connectivity index (χ2n) is 12.3. The largest absolute Gasteiger partial charge is 0.416 e. The van der Waals surface area contributed by atoms with E-state index in [0.29, 0.717) is 42.5 Å². The predicted molar refractivity (Wildman–Crippen MR) is 160 cm³/mol.